The number of aromatic carboxylic acids is 1. The Morgan fingerprint density at radius 1 is 1.24 bits per heavy atom. The summed E-state index contributed by atoms with van der Waals surface area (Å²) in [6, 6.07) is 6.48. The van der Waals surface area contributed by atoms with Crippen LogP contribution in [0, 0.1) is 5.41 Å². The van der Waals surface area contributed by atoms with Gasteiger partial charge in [0.15, 0.2) is 0 Å². The molecule has 2 N–H and O–H groups in total. The van der Waals surface area contributed by atoms with Crippen LogP contribution in [-0.4, -0.2) is 23.5 Å². The first-order chi connectivity index (χ1) is 10.0. The van der Waals surface area contributed by atoms with Gasteiger partial charge in [-0.3, -0.25) is 4.79 Å². The molecular weight excluding hydrogens is 266 g/mol. The standard InChI is InChI=1S/C17H23NO3/c1-2-8-17(9-3-10-17)12-18-15(19)11-13-4-6-14(7-5-13)16(20)21/h4-7H,2-3,8-12H2,1H3,(H,18,19)(H,20,21). The Morgan fingerprint density at radius 3 is 2.38 bits per heavy atom. The van der Waals surface area contributed by atoms with Crippen molar-refractivity contribution in [2.75, 3.05) is 6.54 Å². The van der Waals surface area contributed by atoms with Crippen molar-refractivity contribution in [2.45, 2.75) is 45.4 Å². The van der Waals surface area contributed by atoms with Crippen molar-refractivity contribution in [3.63, 3.8) is 0 Å². The molecule has 0 radical (unpaired) electrons. The lowest BCUT2D eigenvalue weighted by Crippen LogP contribution is -2.42. The largest absolute Gasteiger partial charge is 0.478 e. The molecule has 0 atom stereocenters. The molecule has 1 aliphatic rings. The fourth-order valence-electron chi connectivity index (χ4n) is 3.02. The van der Waals surface area contributed by atoms with Gasteiger partial charge in [0.05, 0.1) is 12.0 Å². The van der Waals surface area contributed by atoms with Crippen LogP contribution in [0.2, 0.25) is 0 Å². The summed E-state index contributed by atoms with van der Waals surface area (Å²) < 4.78 is 0. The van der Waals surface area contributed by atoms with Crippen molar-refractivity contribution in [3.05, 3.63) is 35.4 Å². The van der Waals surface area contributed by atoms with Crippen molar-refractivity contribution in [1.82, 2.24) is 5.32 Å². The SMILES string of the molecule is CCCC1(CNC(=O)Cc2ccc(C(=O)O)cc2)CCC1. The highest BCUT2D eigenvalue weighted by Gasteiger charge is 2.35. The first kappa shape index (κ1) is 15.5. The molecule has 1 fully saturated rings. The van der Waals surface area contributed by atoms with E-state index in [9.17, 15) is 9.59 Å². The van der Waals surface area contributed by atoms with Crippen LogP contribution in [0.3, 0.4) is 0 Å². The highest BCUT2D eigenvalue weighted by Crippen LogP contribution is 2.44. The van der Waals surface area contributed by atoms with Crippen LogP contribution >= 0.6 is 0 Å². The molecule has 1 aliphatic carbocycles. The molecule has 0 saturated heterocycles. The van der Waals surface area contributed by atoms with E-state index in [2.05, 4.69) is 12.2 Å². The summed E-state index contributed by atoms with van der Waals surface area (Å²) in [5.41, 5.74) is 1.42. The van der Waals surface area contributed by atoms with Crippen LogP contribution in [0.1, 0.15) is 54.9 Å². The monoisotopic (exact) mass is 289 g/mol. The highest BCUT2D eigenvalue weighted by molar-refractivity contribution is 5.87. The van der Waals surface area contributed by atoms with E-state index in [1.165, 1.54) is 37.8 Å². The van der Waals surface area contributed by atoms with Crippen molar-refractivity contribution in [2.24, 2.45) is 5.41 Å². The lowest BCUT2D eigenvalue weighted by molar-refractivity contribution is -0.121. The number of carboxylic acid groups (broad SMARTS) is 1. The molecule has 0 spiro atoms. The van der Waals surface area contributed by atoms with Crippen molar-refractivity contribution < 1.29 is 14.7 Å². The van der Waals surface area contributed by atoms with E-state index < -0.39 is 5.97 Å². The van der Waals surface area contributed by atoms with Gasteiger partial charge in [0, 0.05) is 6.54 Å². The second-order valence-electron chi connectivity index (χ2n) is 6.06. The molecule has 2 rings (SSSR count). The summed E-state index contributed by atoms with van der Waals surface area (Å²) in [7, 11) is 0. The molecule has 1 amide bonds. The molecule has 1 aromatic rings. The topological polar surface area (TPSA) is 66.4 Å². The van der Waals surface area contributed by atoms with E-state index in [0.29, 0.717) is 11.8 Å². The third kappa shape index (κ3) is 4.06. The maximum atomic E-state index is 12.0. The minimum absolute atomic E-state index is 0.0143. The number of rotatable bonds is 7. The fourth-order valence-corrected chi connectivity index (χ4v) is 3.02. The summed E-state index contributed by atoms with van der Waals surface area (Å²) in [6.07, 6.45) is 6.35. The fraction of sp³-hybridized carbons (Fsp3) is 0.529. The highest BCUT2D eigenvalue weighted by atomic mass is 16.4. The number of amides is 1. The lowest BCUT2D eigenvalue weighted by Gasteiger charge is -2.42. The van der Waals surface area contributed by atoms with Gasteiger partial charge >= 0.3 is 5.97 Å². The van der Waals surface area contributed by atoms with Crippen LogP contribution in [0.5, 0.6) is 0 Å². The Kier molecular flexibility index (Phi) is 4.99. The van der Waals surface area contributed by atoms with Crippen molar-refractivity contribution in [3.8, 4) is 0 Å². The Balaban J connectivity index is 1.82. The predicted molar refractivity (Wildman–Crippen MR) is 81.3 cm³/mol. The average molecular weight is 289 g/mol. The second kappa shape index (κ2) is 6.74. The zero-order valence-corrected chi connectivity index (χ0v) is 12.5. The molecule has 21 heavy (non-hydrogen) atoms. The maximum Gasteiger partial charge on any atom is 0.335 e. The van der Waals surface area contributed by atoms with Gasteiger partial charge in [0.25, 0.3) is 0 Å². The second-order valence-corrected chi connectivity index (χ2v) is 6.06. The number of hydrogen-bond donors (Lipinski definition) is 2. The maximum absolute atomic E-state index is 12.0. The van der Waals surface area contributed by atoms with Gasteiger partial charge in [-0.15, -0.1) is 0 Å². The van der Waals surface area contributed by atoms with Crippen LogP contribution < -0.4 is 5.32 Å². The van der Waals surface area contributed by atoms with E-state index in [0.717, 1.165) is 18.5 Å². The van der Waals surface area contributed by atoms with Crippen LogP contribution in [0.4, 0.5) is 0 Å². The van der Waals surface area contributed by atoms with Gasteiger partial charge in [-0.25, -0.2) is 4.79 Å². The summed E-state index contributed by atoms with van der Waals surface area (Å²) in [5, 5.41) is 11.9. The minimum Gasteiger partial charge on any atom is -0.478 e. The summed E-state index contributed by atoms with van der Waals surface area (Å²) in [5.74, 6) is -0.932. The first-order valence-electron chi connectivity index (χ1n) is 7.64. The number of hydrogen-bond acceptors (Lipinski definition) is 2. The quantitative estimate of drug-likeness (QED) is 0.811. The number of carbonyl (C=O) groups is 2. The van der Waals surface area contributed by atoms with Crippen LogP contribution in [-0.2, 0) is 11.2 Å². The van der Waals surface area contributed by atoms with E-state index in [1.54, 1.807) is 12.1 Å². The van der Waals surface area contributed by atoms with Crippen molar-refractivity contribution in [1.29, 1.82) is 0 Å². The van der Waals surface area contributed by atoms with E-state index in [4.69, 9.17) is 5.11 Å². The molecule has 0 bridgehead atoms. The Hall–Kier alpha value is -1.84. The van der Waals surface area contributed by atoms with E-state index >= 15 is 0 Å². The molecule has 0 unspecified atom stereocenters. The summed E-state index contributed by atoms with van der Waals surface area (Å²) in [4.78, 5) is 22.8. The third-order valence-corrected chi connectivity index (χ3v) is 4.42. The zero-order chi connectivity index (χ0) is 15.3. The number of carbonyl (C=O) groups excluding carboxylic acids is 1. The van der Waals surface area contributed by atoms with E-state index in [-0.39, 0.29) is 11.5 Å². The van der Waals surface area contributed by atoms with Gasteiger partial charge in [-0.2, -0.15) is 0 Å². The molecule has 1 saturated carbocycles. The zero-order valence-electron chi connectivity index (χ0n) is 12.5. The first-order valence-corrected chi connectivity index (χ1v) is 7.64. The smallest absolute Gasteiger partial charge is 0.335 e. The number of benzene rings is 1. The Bertz CT molecular complexity index is 503. The van der Waals surface area contributed by atoms with Gasteiger partial charge in [0.1, 0.15) is 0 Å². The molecule has 0 aliphatic heterocycles. The predicted octanol–water partition coefficient (Wildman–Crippen LogP) is 3.01. The number of carboxylic acids is 1. The summed E-state index contributed by atoms with van der Waals surface area (Å²) in [6.45, 7) is 2.96. The molecule has 0 aromatic heterocycles. The molecular formula is C17H23NO3. The van der Waals surface area contributed by atoms with Gasteiger partial charge in [-0.05, 0) is 42.4 Å². The van der Waals surface area contributed by atoms with Crippen LogP contribution in [0.15, 0.2) is 24.3 Å². The molecule has 4 nitrogen and oxygen atoms in total. The normalized spacial score (nSPS) is 16.0. The summed E-state index contributed by atoms with van der Waals surface area (Å²) >= 11 is 0. The van der Waals surface area contributed by atoms with Gasteiger partial charge < -0.3 is 10.4 Å². The minimum atomic E-state index is -0.947. The van der Waals surface area contributed by atoms with Gasteiger partial charge in [-0.1, -0.05) is 31.9 Å². The Labute approximate surface area is 125 Å². The van der Waals surface area contributed by atoms with Crippen molar-refractivity contribution >= 4 is 11.9 Å². The Morgan fingerprint density at radius 2 is 1.90 bits per heavy atom. The molecule has 114 valence electrons. The molecule has 0 heterocycles. The van der Waals surface area contributed by atoms with Gasteiger partial charge in [0.2, 0.25) is 5.91 Å². The number of nitrogens with one attached hydrogen (secondary N) is 1. The molecule has 1 aromatic carbocycles. The van der Waals surface area contributed by atoms with Crippen LogP contribution in [0.25, 0.3) is 0 Å². The molecule has 4 heteroatoms. The average Bonchev–Trinajstić information content (AvgIpc) is 2.42. The third-order valence-electron chi connectivity index (χ3n) is 4.42. The van der Waals surface area contributed by atoms with E-state index in [1.807, 2.05) is 0 Å². The lowest BCUT2D eigenvalue weighted by atomic mass is 9.66.